The second-order valence-electron chi connectivity index (χ2n) is 13.5. The summed E-state index contributed by atoms with van der Waals surface area (Å²) in [5.41, 5.74) is 6.19. The van der Waals surface area contributed by atoms with Gasteiger partial charge >= 0.3 is 0 Å². The van der Waals surface area contributed by atoms with Crippen molar-refractivity contribution in [2.45, 2.75) is 43.7 Å². The van der Waals surface area contributed by atoms with Crippen LogP contribution in [0.25, 0.3) is 10.9 Å². The van der Waals surface area contributed by atoms with Gasteiger partial charge in [0.05, 0.1) is 23.3 Å². The number of piperazine rings is 1. The highest BCUT2D eigenvalue weighted by molar-refractivity contribution is 9.10. The van der Waals surface area contributed by atoms with E-state index in [4.69, 9.17) is 0 Å². The van der Waals surface area contributed by atoms with Gasteiger partial charge in [0.1, 0.15) is 4.47 Å². The van der Waals surface area contributed by atoms with Gasteiger partial charge < -0.3 is 15.1 Å². The fraction of sp³-hybridized carbons (Fsp3) is 0.417. The van der Waals surface area contributed by atoms with Gasteiger partial charge in [-0.2, -0.15) is 5.10 Å². The Kier molecular flexibility index (Phi) is 9.30. The quantitative estimate of drug-likeness (QED) is 0.276. The Morgan fingerprint density at radius 3 is 2.50 bits per heavy atom. The van der Waals surface area contributed by atoms with Crippen molar-refractivity contribution in [2.75, 3.05) is 56.5 Å². The molecule has 0 saturated carbocycles. The van der Waals surface area contributed by atoms with Gasteiger partial charge in [0.2, 0.25) is 11.8 Å². The highest BCUT2D eigenvalue weighted by Crippen LogP contribution is 2.31. The Labute approximate surface area is 288 Å². The van der Waals surface area contributed by atoms with Crippen LogP contribution in [0.5, 0.6) is 0 Å². The Balaban J connectivity index is 0.928. The molecule has 2 amide bonds. The smallest absolute Gasteiger partial charge is 0.282 e. The van der Waals surface area contributed by atoms with Crippen LogP contribution in [-0.4, -0.2) is 88.7 Å². The monoisotopic (exact) mass is 712 g/mol. The van der Waals surface area contributed by atoms with Gasteiger partial charge in [0.15, 0.2) is 0 Å². The minimum atomic E-state index is -0.327. The minimum Gasteiger partial charge on any atom is -0.379 e. The lowest BCUT2D eigenvalue weighted by Gasteiger charge is -2.37. The molecule has 5 heterocycles. The molecular weight excluding hydrogens is 672 g/mol. The number of piperidine rings is 2. The number of anilines is 2. The summed E-state index contributed by atoms with van der Waals surface area (Å²) in [5.74, 6) is -0.363. The van der Waals surface area contributed by atoms with Crippen LogP contribution in [-0.2, 0) is 23.2 Å². The van der Waals surface area contributed by atoms with E-state index in [0.717, 1.165) is 80.1 Å². The number of amides is 2. The summed E-state index contributed by atoms with van der Waals surface area (Å²) in [4.78, 5) is 48.2. The molecule has 2 aromatic carbocycles. The Hall–Kier alpha value is -4.13. The Bertz CT molecular complexity index is 1890. The number of imide groups is 1. The van der Waals surface area contributed by atoms with E-state index in [1.54, 1.807) is 19.4 Å². The standard InChI is InChI=1S/C36H41BrN8O3/c1-42-21-27(16-28(22-42)40-32-19-39-43(2)36(48)34(32)37)24-5-3-23(4-6-24)20-44-11-13-45(14-12-44)29-8-7-25-15-26(18-38-31(25)17-29)30-9-10-33(46)41-35(30)47/h3-8,15,17-19,27-28,30,40H,9-14,16,20-22H2,1-2H3,(H,41,46,47). The van der Waals surface area contributed by atoms with Crippen LogP contribution >= 0.6 is 15.9 Å². The number of hydrogen-bond donors (Lipinski definition) is 2. The first-order valence-corrected chi connectivity index (χ1v) is 17.5. The number of aromatic nitrogens is 3. The SMILES string of the molecule is CN1CC(Nc2cnn(C)c(=O)c2Br)CC(c2ccc(CN3CCN(c4ccc5cc(C6CCC(=O)NC6=O)cnc5c4)CC3)cc2)C1. The predicted molar refractivity (Wildman–Crippen MR) is 190 cm³/mol. The molecule has 11 nitrogen and oxygen atoms in total. The lowest BCUT2D eigenvalue weighted by Crippen LogP contribution is -2.46. The van der Waals surface area contributed by atoms with Gasteiger partial charge in [-0.05, 0) is 76.6 Å². The summed E-state index contributed by atoms with van der Waals surface area (Å²) >= 11 is 3.45. The van der Waals surface area contributed by atoms with E-state index in [-0.39, 0.29) is 29.3 Å². The topological polar surface area (TPSA) is 116 Å². The number of carbonyl (C=O) groups is 2. The summed E-state index contributed by atoms with van der Waals surface area (Å²) in [6, 6.07) is 17.7. The van der Waals surface area contributed by atoms with Crippen LogP contribution in [0.1, 0.15) is 47.8 Å². The fourth-order valence-corrected chi connectivity index (χ4v) is 7.81. The second kappa shape index (κ2) is 13.8. The largest absolute Gasteiger partial charge is 0.379 e. The molecule has 4 aromatic rings. The van der Waals surface area contributed by atoms with Crippen molar-refractivity contribution in [1.29, 1.82) is 0 Å². The molecule has 3 aliphatic heterocycles. The minimum absolute atomic E-state index is 0.146. The highest BCUT2D eigenvalue weighted by atomic mass is 79.9. The molecule has 0 bridgehead atoms. The van der Waals surface area contributed by atoms with E-state index in [1.807, 2.05) is 6.07 Å². The van der Waals surface area contributed by atoms with E-state index in [2.05, 4.69) is 101 Å². The molecule has 12 heteroatoms. The number of pyridine rings is 1. The number of benzene rings is 2. The molecule has 0 radical (unpaired) electrons. The first kappa shape index (κ1) is 32.4. The molecule has 2 aromatic heterocycles. The van der Waals surface area contributed by atoms with Gasteiger partial charge in [-0.1, -0.05) is 30.3 Å². The molecular formula is C36H41BrN8O3. The van der Waals surface area contributed by atoms with E-state index in [0.29, 0.717) is 23.2 Å². The van der Waals surface area contributed by atoms with Gasteiger partial charge in [-0.25, -0.2) is 4.68 Å². The molecule has 3 aliphatic rings. The molecule has 3 unspecified atom stereocenters. The summed E-state index contributed by atoms with van der Waals surface area (Å²) < 4.78 is 1.85. The lowest BCUT2D eigenvalue weighted by atomic mass is 9.87. The number of aryl methyl sites for hydroxylation is 1. The average Bonchev–Trinajstić information content (AvgIpc) is 3.08. The normalized spacial score (nSPS) is 22.6. The third kappa shape index (κ3) is 7.01. The molecule has 48 heavy (non-hydrogen) atoms. The zero-order chi connectivity index (χ0) is 33.4. The number of carbonyl (C=O) groups excluding carboxylic acids is 2. The summed E-state index contributed by atoms with van der Waals surface area (Å²) in [6.45, 7) is 6.68. The summed E-state index contributed by atoms with van der Waals surface area (Å²) in [6.07, 6.45) is 5.36. The van der Waals surface area contributed by atoms with Crippen LogP contribution in [0.3, 0.4) is 0 Å². The number of likely N-dealkylation sites (N-methyl/N-ethyl adjacent to an activating group) is 1. The number of hydrogen-bond acceptors (Lipinski definition) is 9. The number of nitrogens with one attached hydrogen (secondary N) is 2. The van der Waals surface area contributed by atoms with Crippen molar-refractivity contribution in [3.8, 4) is 0 Å². The molecule has 2 N–H and O–H groups in total. The molecule has 3 atom stereocenters. The fourth-order valence-electron chi connectivity index (χ4n) is 7.34. The average molecular weight is 714 g/mol. The summed E-state index contributed by atoms with van der Waals surface area (Å²) in [7, 11) is 3.81. The third-order valence-corrected chi connectivity index (χ3v) is 10.8. The number of nitrogens with zero attached hydrogens (tertiary/aromatic N) is 6. The maximum absolute atomic E-state index is 12.3. The Morgan fingerprint density at radius 2 is 1.73 bits per heavy atom. The molecule has 250 valence electrons. The van der Waals surface area contributed by atoms with Gasteiger partial charge in [0.25, 0.3) is 5.56 Å². The van der Waals surface area contributed by atoms with Crippen LogP contribution in [0, 0.1) is 0 Å². The number of likely N-dealkylation sites (tertiary alicyclic amines) is 1. The van der Waals surface area contributed by atoms with Crippen molar-refractivity contribution in [2.24, 2.45) is 7.05 Å². The first-order valence-electron chi connectivity index (χ1n) is 16.7. The van der Waals surface area contributed by atoms with Gasteiger partial charge in [0, 0.05) is 82.6 Å². The van der Waals surface area contributed by atoms with Crippen LogP contribution in [0.15, 0.2) is 70.2 Å². The zero-order valence-corrected chi connectivity index (χ0v) is 28.9. The third-order valence-electron chi connectivity index (χ3n) is 10.00. The molecule has 3 fully saturated rings. The zero-order valence-electron chi connectivity index (χ0n) is 27.4. The molecule has 7 rings (SSSR count). The van der Waals surface area contributed by atoms with Crippen LogP contribution < -0.4 is 21.1 Å². The molecule has 0 spiro atoms. The van der Waals surface area contributed by atoms with Crippen molar-refractivity contribution in [1.82, 2.24) is 29.9 Å². The maximum Gasteiger partial charge on any atom is 0.282 e. The van der Waals surface area contributed by atoms with Crippen molar-refractivity contribution >= 4 is 50.0 Å². The van der Waals surface area contributed by atoms with Crippen LogP contribution in [0.4, 0.5) is 11.4 Å². The second-order valence-corrected chi connectivity index (χ2v) is 14.2. The van der Waals surface area contributed by atoms with Crippen molar-refractivity contribution in [3.63, 3.8) is 0 Å². The van der Waals surface area contributed by atoms with Gasteiger partial charge in [-0.15, -0.1) is 0 Å². The van der Waals surface area contributed by atoms with Crippen molar-refractivity contribution in [3.05, 3.63) is 92.4 Å². The number of fused-ring (bicyclic) bond motifs is 1. The van der Waals surface area contributed by atoms with Crippen molar-refractivity contribution < 1.29 is 9.59 Å². The van der Waals surface area contributed by atoms with E-state index in [1.165, 1.54) is 15.8 Å². The van der Waals surface area contributed by atoms with E-state index >= 15 is 0 Å². The Morgan fingerprint density at radius 1 is 0.938 bits per heavy atom. The molecule has 3 saturated heterocycles. The van der Waals surface area contributed by atoms with Gasteiger partial charge in [-0.3, -0.25) is 29.6 Å². The predicted octanol–water partition coefficient (Wildman–Crippen LogP) is 3.83. The number of halogens is 1. The number of rotatable bonds is 7. The molecule has 0 aliphatic carbocycles. The lowest BCUT2D eigenvalue weighted by molar-refractivity contribution is -0.134. The summed E-state index contributed by atoms with van der Waals surface area (Å²) in [5, 5.41) is 11.2. The maximum atomic E-state index is 12.3. The van der Waals surface area contributed by atoms with Crippen LogP contribution in [0.2, 0.25) is 0 Å². The highest BCUT2D eigenvalue weighted by Gasteiger charge is 2.29. The van der Waals surface area contributed by atoms with E-state index < -0.39 is 0 Å². The first-order chi connectivity index (χ1) is 23.2. The van der Waals surface area contributed by atoms with E-state index in [9.17, 15) is 14.4 Å².